The monoisotopic (exact) mass is 305 g/mol. The van der Waals surface area contributed by atoms with Crippen molar-refractivity contribution in [1.29, 1.82) is 0 Å². The summed E-state index contributed by atoms with van der Waals surface area (Å²) in [4.78, 5) is 1.08. The summed E-state index contributed by atoms with van der Waals surface area (Å²) < 4.78 is 26.1. The van der Waals surface area contributed by atoms with Gasteiger partial charge >= 0.3 is 0 Å². The van der Waals surface area contributed by atoms with Crippen LogP contribution in [0, 0.1) is 0 Å². The second kappa shape index (κ2) is 7.86. The third kappa shape index (κ3) is 5.50. The van der Waals surface area contributed by atoms with Crippen molar-refractivity contribution in [2.24, 2.45) is 0 Å². The van der Waals surface area contributed by atoms with E-state index in [-0.39, 0.29) is 11.5 Å². The lowest BCUT2D eigenvalue weighted by Gasteiger charge is -2.08. The first kappa shape index (κ1) is 16.5. The van der Waals surface area contributed by atoms with Crippen molar-refractivity contribution in [2.45, 2.75) is 29.2 Å². The Labute approximate surface area is 118 Å². The van der Waals surface area contributed by atoms with Crippen LogP contribution in [0.25, 0.3) is 0 Å². The molecule has 0 aliphatic heterocycles. The van der Waals surface area contributed by atoms with Gasteiger partial charge in [0.05, 0.1) is 17.6 Å². The van der Waals surface area contributed by atoms with Crippen molar-refractivity contribution in [3.05, 3.63) is 24.3 Å². The van der Waals surface area contributed by atoms with Crippen molar-refractivity contribution < 1.29 is 18.6 Å². The molecule has 0 fully saturated rings. The summed E-state index contributed by atoms with van der Waals surface area (Å²) in [6.45, 7) is 2.04. The van der Waals surface area contributed by atoms with E-state index < -0.39 is 16.1 Å². The maximum absolute atomic E-state index is 11.8. The van der Waals surface area contributed by atoms with Crippen LogP contribution in [-0.2, 0) is 10.0 Å². The molecule has 1 rings (SSSR count). The van der Waals surface area contributed by atoms with Crippen LogP contribution in [0.2, 0.25) is 0 Å². The number of hydrogen-bond donors (Lipinski definition) is 3. The fourth-order valence-corrected chi connectivity index (χ4v) is 3.23. The minimum atomic E-state index is -3.42. The second-order valence-electron chi connectivity index (χ2n) is 4.02. The summed E-state index contributed by atoms with van der Waals surface area (Å²) in [7, 11) is -3.42. The van der Waals surface area contributed by atoms with Gasteiger partial charge in [-0.2, -0.15) is 0 Å². The summed E-state index contributed by atoms with van der Waals surface area (Å²) >= 11 is 1.37. The molecule has 0 amide bonds. The first-order valence-corrected chi connectivity index (χ1v) is 8.48. The van der Waals surface area contributed by atoms with E-state index in [0.717, 1.165) is 11.3 Å². The van der Waals surface area contributed by atoms with Crippen molar-refractivity contribution >= 4 is 21.8 Å². The number of rotatable bonds is 8. The fourth-order valence-electron chi connectivity index (χ4n) is 1.28. The van der Waals surface area contributed by atoms with Gasteiger partial charge in [-0.25, -0.2) is 13.1 Å². The molecular weight excluding hydrogens is 286 g/mol. The molecular formula is C12H19NO4S2. The van der Waals surface area contributed by atoms with Crippen LogP contribution in [0.4, 0.5) is 0 Å². The SMILES string of the molecule is CCCNS(=O)(=O)c1ccc(SCC(O)CO)cc1. The predicted molar refractivity (Wildman–Crippen MR) is 75.7 cm³/mol. The van der Waals surface area contributed by atoms with E-state index in [9.17, 15) is 13.5 Å². The van der Waals surface area contributed by atoms with E-state index in [1.54, 1.807) is 12.1 Å². The number of nitrogens with one attached hydrogen (secondary N) is 1. The third-order valence-corrected chi connectivity index (χ3v) is 4.96. The molecule has 3 N–H and O–H groups in total. The summed E-state index contributed by atoms with van der Waals surface area (Å²) in [5.41, 5.74) is 0. The zero-order valence-electron chi connectivity index (χ0n) is 10.7. The van der Waals surface area contributed by atoms with Gasteiger partial charge in [-0.05, 0) is 30.7 Å². The minimum Gasteiger partial charge on any atom is -0.394 e. The quantitative estimate of drug-likeness (QED) is 0.619. The smallest absolute Gasteiger partial charge is 0.240 e. The normalized spacial score (nSPS) is 13.4. The Kier molecular flexibility index (Phi) is 6.81. The van der Waals surface area contributed by atoms with Gasteiger partial charge in [0.25, 0.3) is 0 Å². The Bertz CT molecular complexity index is 473. The molecule has 1 atom stereocenters. The van der Waals surface area contributed by atoms with Crippen LogP contribution in [0.3, 0.4) is 0 Å². The van der Waals surface area contributed by atoms with E-state index in [4.69, 9.17) is 5.11 Å². The van der Waals surface area contributed by atoms with Crippen molar-refractivity contribution in [2.75, 3.05) is 18.9 Å². The number of aliphatic hydroxyl groups is 2. The lowest BCUT2D eigenvalue weighted by atomic mass is 10.4. The molecule has 0 aromatic heterocycles. The summed E-state index contributed by atoms with van der Waals surface area (Å²) in [5, 5.41) is 17.9. The average Bonchev–Trinajstić information content (AvgIpc) is 2.43. The first-order valence-electron chi connectivity index (χ1n) is 6.01. The standard InChI is InChI=1S/C12H19NO4S2/c1-2-7-13-19(16,17)12-5-3-11(4-6-12)18-9-10(15)8-14/h3-6,10,13-15H,2,7-9H2,1H3. The maximum atomic E-state index is 11.8. The van der Waals surface area contributed by atoms with Crippen LogP contribution >= 0.6 is 11.8 Å². The highest BCUT2D eigenvalue weighted by molar-refractivity contribution is 7.99. The largest absolute Gasteiger partial charge is 0.394 e. The van der Waals surface area contributed by atoms with Gasteiger partial charge in [0.15, 0.2) is 0 Å². The fraction of sp³-hybridized carbons (Fsp3) is 0.500. The molecule has 0 saturated carbocycles. The molecule has 108 valence electrons. The highest BCUT2D eigenvalue weighted by Gasteiger charge is 2.12. The molecule has 0 aliphatic rings. The molecule has 5 nitrogen and oxygen atoms in total. The molecule has 0 bridgehead atoms. The topological polar surface area (TPSA) is 86.6 Å². The van der Waals surface area contributed by atoms with Gasteiger partial charge in [0.2, 0.25) is 10.0 Å². The van der Waals surface area contributed by atoms with E-state index >= 15 is 0 Å². The van der Waals surface area contributed by atoms with Gasteiger partial charge < -0.3 is 10.2 Å². The molecule has 7 heteroatoms. The van der Waals surface area contributed by atoms with E-state index in [1.165, 1.54) is 23.9 Å². The molecule has 0 saturated heterocycles. The molecule has 0 spiro atoms. The number of thioether (sulfide) groups is 1. The first-order chi connectivity index (χ1) is 8.99. The Balaban J connectivity index is 2.65. The average molecular weight is 305 g/mol. The lowest BCUT2D eigenvalue weighted by Crippen LogP contribution is -2.24. The number of aliphatic hydroxyl groups excluding tert-OH is 2. The van der Waals surface area contributed by atoms with Crippen LogP contribution in [0.15, 0.2) is 34.1 Å². The Morgan fingerprint density at radius 3 is 2.47 bits per heavy atom. The zero-order valence-corrected chi connectivity index (χ0v) is 12.4. The number of benzene rings is 1. The molecule has 0 aliphatic carbocycles. The lowest BCUT2D eigenvalue weighted by molar-refractivity contribution is 0.113. The highest BCUT2D eigenvalue weighted by atomic mass is 32.2. The second-order valence-corrected chi connectivity index (χ2v) is 6.88. The van der Waals surface area contributed by atoms with Gasteiger partial charge in [-0.1, -0.05) is 6.92 Å². The summed E-state index contributed by atoms with van der Waals surface area (Å²) in [5.74, 6) is 0.372. The van der Waals surface area contributed by atoms with Gasteiger partial charge in [-0.3, -0.25) is 0 Å². The van der Waals surface area contributed by atoms with Crippen LogP contribution in [0.1, 0.15) is 13.3 Å². The molecule has 1 unspecified atom stereocenters. The maximum Gasteiger partial charge on any atom is 0.240 e. The van der Waals surface area contributed by atoms with Crippen LogP contribution < -0.4 is 4.72 Å². The van der Waals surface area contributed by atoms with E-state index in [2.05, 4.69) is 4.72 Å². The third-order valence-electron chi connectivity index (χ3n) is 2.33. The molecule has 1 aromatic carbocycles. The van der Waals surface area contributed by atoms with Gasteiger partial charge in [-0.15, -0.1) is 11.8 Å². The molecule has 19 heavy (non-hydrogen) atoms. The minimum absolute atomic E-state index is 0.230. The zero-order chi connectivity index (χ0) is 14.3. The summed E-state index contributed by atoms with van der Waals surface area (Å²) in [6, 6.07) is 6.45. The van der Waals surface area contributed by atoms with Gasteiger partial charge in [0, 0.05) is 17.2 Å². The van der Waals surface area contributed by atoms with Crippen molar-refractivity contribution in [1.82, 2.24) is 4.72 Å². The van der Waals surface area contributed by atoms with Crippen LogP contribution in [0.5, 0.6) is 0 Å². The van der Waals surface area contributed by atoms with E-state index in [0.29, 0.717) is 12.3 Å². The highest BCUT2D eigenvalue weighted by Crippen LogP contribution is 2.20. The summed E-state index contributed by atoms with van der Waals surface area (Å²) in [6.07, 6.45) is -0.0220. The molecule has 1 aromatic rings. The predicted octanol–water partition coefficient (Wildman–Crippen LogP) is 0.820. The Hall–Kier alpha value is -0.600. The molecule has 0 heterocycles. The van der Waals surface area contributed by atoms with Crippen molar-refractivity contribution in [3.8, 4) is 0 Å². The van der Waals surface area contributed by atoms with Crippen molar-refractivity contribution in [3.63, 3.8) is 0 Å². The Morgan fingerprint density at radius 1 is 1.32 bits per heavy atom. The number of hydrogen-bond acceptors (Lipinski definition) is 5. The molecule has 0 radical (unpaired) electrons. The number of sulfonamides is 1. The van der Waals surface area contributed by atoms with E-state index in [1.807, 2.05) is 6.92 Å². The van der Waals surface area contributed by atoms with Crippen LogP contribution in [-0.4, -0.2) is 43.6 Å². The Morgan fingerprint density at radius 2 is 1.95 bits per heavy atom. The van der Waals surface area contributed by atoms with Gasteiger partial charge in [0.1, 0.15) is 0 Å².